The summed E-state index contributed by atoms with van der Waals surface area (Å²) in [6.45, 7) is 11.3. The average molecular weight is 387 g/mol. The van der Waals surface area contributed by atoms with Crippen LogP contribution in [-0.2, 0) is 16.1 Å². The van der Waals surface area contributed by atoms with Crippen LogP contribution >= 0.6 is 0 Å². The molecule has 1 atom stereocenters. The lowest BCUT2D eigenvalue weighted by Crippen LogP contribution is -2.52. The topological polar surface area (TPSA) is 39.3 Å². The predicted molar refractivity (Wildman–Crippen MR) is 110 cm³/mol. The SMILES string of the molecule is O=C(CN1CCN(Cc2ccccc2)CC1)N1CCCC1CN1CCOCC1. The molecule has 3 aliphatic rings. The number of ether oxygens (including phenoxy) is 1. The van der Waals surface area contributed by atoms with Crippen LogP contribution in [0.4, 0.5) is 0 Å². The Labute approximate surface area is 169 Å². The van der Waals surface area contributed by atoms with Gasteiger partial charge in [0, 0.05) is 64.9 Å². The third-order valence-corrected chi connectivity index (χ3v) is 6.34. The lowest BCUT2D eigenvalue weighted by atomic mass is 10.2. The lowest BCUT2D eigenvalue weighted by molar-refractivity contribution is -0.134. The number of nitrogens with zero attached hydrogens (tertiary/aromatic N) is 4. The van der Waals surface area contributed by atoms with Crippen LogP contribution in [0.2, 0.25) is 0 Å². The van der Waals surface area contributed by atoms with Crippen molar-refractivity contribution in [3.8, 4) is 0 Å². The number of likely N-dealkylation sites (tertiary alicyclic amines) is 1. The summed E-state index contributed by atoms with van der Waals surface area (Å²) in [7, 11) is 0. The monoisotopic (exact) mass is 386 g/mol. The van der Waals surface area contributed by atoms with Gasteiger partial charge in [0.05, 0.1) is 19.8 Å². The highest BCUT2D eigenvalue weighted by Gasteiger charge is 2.31. The summed E-state index contributed by atoms with van der Waals surface area (Å²) in [6.07, 6.45) is 2.29. The van der Waals surface area contributed by atoms with Crippen LogP contribution in [-0.4, -0.2) is 104 Å². The summed E-state index contributed by atoms with van der Waals surface area (Å²) in [4.78, 5) is 22.4. The zero-order valence-electron chi connectivity index (χ0n) is 17.0. The Bertz CT molecular complexity index is 612. The Morgan fingerprint density at radius 2 is 1.61 bits per heavy atom. The van der Waals surface area contributed by atoms with Gasteiger partial charge in [-0.3, -0.25) is 19.5 Å². The van der Waals surface area contributed by atoms with Crippen LogP contribution in [0.15, 0.2) is 30.3 Å². The van der Waals surface area contributed by atoms with Crippen molar-refractivity contribution in [3.05, 3.63) is 35.9 Å². The molecule has 4 rings (SSSR count). The number of benzene rings is 1. The van der Waals surface area contributed by atoms with Crippen molar-refractivity contribution in [1.29, 1.82) is 0 Å². The van der Waals surface area contributed by atoms with Gasteiger partial charge < -0.3 is 9.64 Å². The van der Waals surface area contributed by atoms with E-state index in [0.29, 0.717) is 18.5 Å². The molecule has 154 valence electrons. The molecule has 1 amide bonds. The van der Waals surface area contributed by atoms with Crippen molar-refractivity contribution >= 4 is 5.91 Å². The fourth-order valence-electron chi connectivity index (χ4n) is 4.66. The molecule has 6 nitrogen and oxygen atoms in total. The molecule has 6 heteroatoms. The molecule has 0 N–H and O–H groups in total. The number of rotatable bonds is 6. The molecule has 0 bridgehead atoms. The van der Waals surface area contributed by atoms with Crippen molar-refractivity contribution in [2.75, 3.05) is 72.1 Å². The Morgan fingerprint density at radius 1 is 0.893 bits per heavy atom. The molecule has 0 aromatic heterocycles. The van der Waals surface area contributed by atoms with E-state index < -0.39 is 0 Å². The van der Waals surface area contributed by atoms with Crippen LogP contribution in [0.3, 0.4) is 0 Å². The molecule has 3 aliphatic heterocycles. The molecular formula is C22H34N4O2. The summed E-state index contributed by atoms with van der Waals surface area (Å²) in [5.41, 5.74) is 1.37. The van der Waals surface area contributed by atoms with Gasteiger partial charge in [0.1, 0.15) is 0 Å². The number of carbonyl (C=O) groups is 1. The second-order valence-electron chi connectivity index (χ2n) is 8.33. The van der Waals surface area contributed by atoms with E-state index in [2.05, 4.69) is 49.9 Å². The number of hydrogen-bond acceptors (Lipinski definition) is 5. The maximum atomic E-state index is 13.0. The molecule has 0 saturated carbocycles. The highest BCUT2D eigenvalue weighted by atomic mass is 16.5. The Kier molecular flexibility index (Phi) is 6.96. The van der Waals surface area contributed by atoms with E-state index >= 15 is 0 Å². The van der Waals surface area contributed by atoms with E-state index in [4.69, 9.17) is 4.74 Å². The maximum absolute atomic E-state index is 13.0. The molecule has 1 unspecified atom stereocenters. The van der Waals surface area contributed by atoms with E-state index in [-0.39, 0.29) is 0 Å². The van der Waals surface area contributed by atoms with Crippen LogP contribution in [0, 0.1) is 0 Å². The zero-order chi connectivity index (χ0) is 19.2. The lowest BCUT2D eigenvalue weighted by Gasteiger charge is -2.36. The molecule has 0 aliphatic carbocycles. The number of carbonyl (C=O) groups excluding carboxylic acids is 1. The summed E-state index contributed by atoms with van der Waals surface area (Å²) in [5.74, 6) is 0.326. The van der Waals surface area contributed by atoms with E-state index in [9.17, 15) is 4.79 Å². The van der Waals surface area contributed by atoms with Crippen molar-refractivity contribution in [3.63, 3.8) is 0 Å². The van der Waals surface area contributed by atoms with Crippen LogP contribution in [0.5, 0.6) is 0 Å². The van der Waals surface area contributed by atoms with Crippen molar-refractivity contribution in [2.45, 2.75) is 25.4 Å². The van der Waals surface area contributed by atoms with Gasteiger partial charge in [-0.1, -0.05) is 30.3 Å². The fraction of sp³-hybridized carbons (Fsp3) is 0.682. The Balaban J connectivity index is 1.21. The molecule has 0 radical (unpaired) electrons. The van der Waals surface area contributed by atoms with Gasteiger partial charge in [-0.2, -0.15) is 0 Å². The fourth-order valence-corrected chi connectivity index (χ4v) is 4.66. The van der Waals surface area contributed by atoms with Gasteiger partial charge in [0.25, 0.3) is 0 Å². The summed E-state index contributed by atoms with van der Waals surface area (Å²) in [5, 5.41) is 0. The van der Waals surface area contributed by atoms with Gasteiger partial charge in [0.15, 0.2) is 0 Å². The summed E-state index contributed by atoms with van der Waals surface area (Å²) < 4.78 is 5.45. The smallest absolute Gasteiger partial charge is 0.237 e. The number of amides is 1. The first-order valence-corrected chi connectivity index (χ1v) is 10.9. The quantitative estimate of drug-likeness (QED) is 0.733. The highest BCUT2D eigenvalue weighted by molar-refractivity contribution is 5.79. The number of piperazine rings is 1. The number of hydrogen-bond donors (Lipinski definition) is 0. The first-order chi connectivity index (χ1) is 13.8. The second-order valence-corrected chi connectivity index (χ2v) is 8.33. The van der Waals surface area contributed by atoms with Gasteiger partial charge in [0.2, 0.25) is 5.91 Å². The Morgan fingerprint density at radius 3 is 2.36 bits per heavy atom. The van der Waals surface area contributed by atoms with E-state index in [1.807, 2.05) is 0 Å². The van der Waals surface area contributed by atoms with Gasteiger partial charge >= 0.3 is 0 Å². The molecule has 1 aromatic rings. The minimum Gasteiger partial charge on any atom is -0.379 e. The molecule has 3 saturated heterocycles. The minimum absolute atomic E-state index is 0.326. The largest absolute Gasteiger partial charge is 0.379 e. The molecule has 3 fully saturated rings. The van der Waals surface area contributed by atoms with Crippen molar-refractivity contribution < 1.29 is 9.53 Å². The highest BCUT2D eigenvalue weighted by Crippen LogP contribution is 2.19. The first kappa shape index (κ1) is 19.8. The van der Waals surface area contributed by atoms with Gasteiger partial charge in [-0.15, -0.1) is 0 Å². The van der Waals surface area contributed by atoms with Crippen molar-refractivity contribution in [2.24, 2.45) is 0 Å². The predicted octanol–water partition coefficient (Wildman–Crippen LogP) is 1.13. The standard InChI is InChI=1S/C22H34N4O2/c27-22(26-8-4-7-21(26)18-25-13-15-28-16-14-25)19-24-11-9-23(10-12-24)17-20-5-2-1-3-6-20/h1-3,5-6,21H,4,7-19H2. The van der Waals surface area contributed by atoms with Crippen molar-refractivity contribution in [1.82, 2.24) is 19.6 Å². The van der Waals surface area contributed by atoms with Crippen LogP contribution in [0.25, 0.3) is 0 Å². The van der Waals surface area contributed by atoms with Crippen LogP contribution in [0.1, 0.15) is 18.4 Å². The average Bonchev–Trinajstić information content (AvgIpc) is 3.19. The minimum atomic E-state index is 0.326. The second kappa shape index (κ2) is 9.83. The van der Waals surface area contributed by atoms with E-state index in [1.165, 1.54) is 5.56 Å². The molecule has 3 heterocycles. The zero-order valence-corrected chi connectivity index (χ0v) is 17.0. The molecule has 0 spiro atoms. The first-order valence-electron chi connectivity index (χ1n) is 10.9. The van der Waals surface area contributed by atoms with Crippen LogP contribution < -0.4 is 0 Å². The van der Waals surface area contributed by atoms with Gasteiger partial charge in [-0.05, 0) is 18.4 Å². The normalized spacial score (nSPS) is 25.3. The maximum Gasteiger partial charge on any atom is 0.237 e. The molecule has 28 heavy (non-hydrogen) atoms. The third-order valence-electron chi connectivity index (χ3n) is 6.34. The summed E-state index contributed by atoms with van der Waals surface area (Å²) in [6, 6.07) is 11.1. The molecule has 1 aromatic carbocycles. The van der Waals surface area contributed by atoms with E-state index in [0.717, 1.165) is 85.0 Å². The third kappa shape index (κ3) is 5.32. The summed E-state index contributed by atoms with van der Waals surface area (Å²) >= 11 is 0. The number of morpholine rings is 1. The van der Waals surface area contributed by atoms with E-state index in [1.54, 1.807) is 0 Å². The Hall–Kier alpha value is -1.47. The van der Waals surface area contributed by atoms with Gasteiger partial charge in [-0.25, -0.2) is 0 Å². The molecular weight excluding hydrogens is 352 g/mol.